The van der Waals surface area contributed by atoms with E-state index in [9.17, 15) is 0 Å². The van der Waals surface area contributed by atoms with Crippen LogP contribution in [-0.2, 0) is 7.05 Å². The van der Waals surface area contributed by atoms with Gasteiger partial charge >= 0.3 is 0 Å². The first kappa shape index (κ1) is 13.0. The van der Waals surface area contributed by atoms with Gasteiger partial charge in [0.25, 0.3) is 0 Å². The van der Waals surface area contributed by atoms with E-state index in [-0.39, 0.29) is 0 Å². The van der Waals surface area contributed by atoms with Gasteiger partial charge in [-0.2, -0.15) is 0 Å². The number of nitrogens with zero attached hydrogens (tertiary/aromatic N) is 3. The molecular weight excluding hydrogens is 280 g/mol. The molecule has 17 heavy (non-hydrogen) atoms. The van der Waals surface area contributed by atoms with E-state index >= 15 is 0 Å². The van der Waals surface area contributed by atoms with E-state index in [1.54, 1.807) is 0 Å². The standard InChI is InChI=1S/C12H21BrN4/c1-3-8-4-5-9(7-14)10(6-8)11-12(13)15-16-17(11)2/h8-10H,3-7,14H2,1-2H3. The quantitative estimate of drug-likeness (QED) is 0.933. The minimum atomic E-state index is 0.507. The number of aryl methyl sites for hydroxylation is 1. The van der Waals surface area contributed by atoms with Crippen molar-refractivity contribution in [2.45, 2.75) is 38.5 Å². The Morgan fingerprint density at radius 2 is 2.24 bits per heavy atom. The van der Waals surface area contributed by atoms with Crippen LogP contribution >= 0.6 is 15.9 Å². The highest BCUT2D eigenvalue weighted by atomic mass is 79.9. The first-order valence-electron chi connectivity index (χ1n) is 6.42. The molecule has 0 aromatic carbocycles. The molecule has 2 rings (SSSR count). The smallest absolute Gasteiger partial charge is 0.151 e. The van der Waals surface area contributed by atoms with Gasteiger partial charge in [0.2, 0.25) is 0 Å². The molecule has 4 nitrogen and oxygen atoms in total. The second-order valence-electron chi connectivity index (χ2n) is 5.08. The molecule has 0 radical (unpaired) electrons. The second-order valence-corrected chi connectivity index (χ2v) is 5.83. The zero-order chi connectivity index (χ0) is 12.4. The Bertz CT molecular complexity index is 357. The first-order chi connectivity index (χ1) is 8.17. The molecule has 1 saturated carbocycles. The zero-order valence-electron chi connectivity index (χ0n) is 10.6. The minimum absolute atomic E-state index is 0.507. The monoisotopic (exact) mass is 300 g/mol. The summed E-state index contributed by atoms with van der Waals surface area (Å²) in [5.74, 6) is 1.91. The Morgan fingerprint density at radius 1 is 1.47 bits per heavy atom. The molecule has 1 fully saturated rings. The van der Waals surface area contributed by atoms with Crippen molar-refractivity contribution < 1.29 is 0 Å². The molecule has 1 heterocycles. The van der Waals surface area contributed by atoms with Gasteiger partial charge in [-0.1, -0.05) is 25.0 Å². The summed E-state index contributed by atoms with van der Waals surface area (Å²) in [6, 6.07) is 0. The maximum absolute atomic E-state index is 5.92. The van der Waals surface area contributed by atoms with Gasteiger partial charge in [0.1, 0.15) is 0 Å². The second kappa shape index (κ2) is 5.48. The van der Waals surface area contributed by atoms with Gasteiger partial charge in [0.05, 0.1) is 5.69 Å². The van der Waals surface area contributed by atoms with E-state index in [1.165, 1.54) is 31.4 Å². The van der Waals surface area contributed by atoms with Crippen molar-refractivity contribution in [2.75, 3.05) is 6.54 Å². The van der Waals surface area contributed by atoms with Crippen LogP contribution < -0.4 is 5.73 Å². The lowest BCUT2D eigenvalue weighted by Gasteiger charge is -2.35. The third-order valence-corrected chi connectivity index (χ3v) is 4.72. The molecule has 0 spiro atoms. The number of halogens is 1. The average molecular weight is 301 g/mol. The third kappa shape index (κ3) is 2.55. The maximum atomic E-state index is 5.92. The number of rotatable bonds is 3. The van der Waals surface area contributed by atoms with Gasteiger partial charge in [-0.05, 0) is 47.2 Å². The molecule has 1 aromatic rings. The predicted octanol–water partition coefficient (Wildman–Crippen LogP) is 2.45. The third-order valence-electron chi connectivity index (χ3n) is 4.16. The van der Waals surface area contributed by atoms with Crippen LogP contribution in [0.3, 0.4) is 0 Å². The summed E-state index contributed by atoms with van der Waals surface area (Å²) >= 11 is 3.52. The molecule has 3 atom stereocenters. The van der Waals surface area contributed by atoms with Gasteiger partial charge in [-0.15, -0.1) is 5.10 Å². The molecular formula is C12H21BrN4. The molecule has 5 heteroatoms. The van der Waals surface area contributed by atoms with Crippen molar-refractivity contribution in [2.24, 2.45) is 24.6 Å². The van der Waals surface area contributed by atoms with Gasteiger partial charge < -0.3 is 5.73 Å². The molecule has 1 aliphatic carbocycles. The Hall–Kier alpha value is -0.420. The van der Waals surface area contributed by atoms with Crippen molar-refractivity contribution in [3.05, 3.63) is 10.3 Å². The molecule has 1 aromatic heterocycles. The van der Waals surface area contributed by atoms with Crippen LogP contribution in [0.2, 0.25) is 0 Å². The van der Waals surface area contributed by atoms with Crippen LogP contribution in [0.5, 0.6) is 0 Å². The summed E-state index contributed by atoms with van der Waals surface area (Å²) in [6.07, 6.45) is 5.03. The normalized spacial score (nSPS) is 29.5. The molecule has 1 aliphatic rings. The van der Waals surface area contributed by atoms with Crippen molar-refractivity contribution in [3.63, 3.8) is 0 Å². The number of hydrogen-bond donors (Lipinski definition) is 1. The summed E-state index contributed by atoms with van der Waals surface area (Å²) in [4.78, 5) is 0. The largest absolute Gasteiger partial charge is 0.330 e. The van der Waals surface area contributed by atoms with Crippen LogP contribution in [-0.4, -0.2) is 21.5 Å². The highest BCUT2D eigenvalue weighted by Gasteiger charge is 2.33. The molecule has 0 saturated heterocycles. The summed E-state index contributed by atoms with van der Waals surface area (Å²) in [5, 5.41) is 8.19. The van der Waals surface area contributed by atoms with E-state index in [0.29, 0.717) is 11.8 Å². The number of aromatic nitrogens is 3. The molecule has 0 amide bonds. The lowest BCUT2D eigenvalue weighted by Crippen LogP contribution is -2.30. The fourth-order valence-corrected chi connectivity index (χ4v) is 3.66. The summed E-state index contributed by atoms with van der Waals surface area (Å²) in [6.45, 7) is 3.04. The van der Waals surface area contributed by atoms with Gasteiger partial charge in [0.15, 0.2) is 4.60 Å². The molecule has 0 bridgehead atoms. The van der Waals surface area contributed by atoms with Crippen molar-refractivity contribution >= 4 is 15.9 Å². The molecule has 0 aliphatic heterocycles. The molecule has 2 N–H and O–H groups in total. The Labute approximate surface area is 111 Å². The molecule has 96 valence electrons. The van der Waals surface area contributed by atoms with Crippen molar-refractivity contribution in [1.29, 1.82) is 0 Å². The van der Waals surface area contributed by atoms with Gasteiger partial charge in [0, 0.05) is 13.0 Å². The van der Waals surface area contributed by atoms with E-state index in [2.05, 4.69) is 33.2 Å². The van der Waals surface area contributed by atoms with Crippen LogP contribution in [0.25, 0.3) is 0 Å². The van der Waals surface area contributed by atoms with Crippen LogP contribution in [0, 0.1) is 11.8 Å². The van der Waals surface area contributed by atoms with E-state index in [1.807, 2.05) is 11.7 Å². The molecule has 3 unspecified atom stereocenters. The summed E-state index contributed by atoms with van der Waals surface area (Å²) < 4.78 is 2.79. The fourth-order valence-electron chi connectivity index (χ4n) is 3.04. The zero-order valence-corrected chi connectivity index (χ0v) is 12.2. The van der Waals surface area contributed by atoms with E-state index in [0.717, 1.165) is 17.1 Å². The lowest BCUT2D eigenvalue weighted by atomic mass is 9.72. The fraction of sp³-hybridized carbons (Fsp3) is 0.833. The highest BCUT2D eigenvalue weighted by Crippen LogP contribution is 2.42. The Balaban J connectivity index is 2.26. The highest BCUT2D eigenvalue weighted by molar-refractivity contribution is 9.10. The number of hydrogen-bond acceptors (Lipinski definition) is 3. The lowest BCUT2D eigenvalue weighted by molar-refractivity contribution is 0.228. The van der Waals surface area contributed by atoms with Gasteiger partial charge in [-0.3, -0.25) is 4.68 Å². The first-order valence-corrected chi connectivity index (χ1v) is 7.21. The SMILES string of the molecule is CCC1CCC(CN)C(c2c(Br)nnn2C)C1. The van der Waals surface area contributed by atoms with Crippen molar-refractivity contribution in [1.82, 2.24) is 15.0 Å². The topological polar surface area (TPSA) is 56.7 Å². The summed E-state index contributed by atoms with van der Waals surface area (Å²) in [5.41, 5.74) is 7.14. The van der Waals surface area contributed by atoms with Crippen LogP contribution in [0.4, 0.5) is 0 Å². The van der Waals surface area contributed by atoms with E-state index in [4.69, 9.17) is 5.73 Å². The summed E-state index contributed by atoms with van der Waals surface area (Å²) in [7, 11) is 1.97. The minimum Gasteiger partial charge on any atom is -0.330 e. The average Bonchev–Trinajstić information content (AvgIpc) is 2.68. The van der Waals surface area contributed by atoms with E-state index < -0.39 is 0 Å². The Kier molecular flexibility index (Phi) is 4.20. The van der Waals surface area contributed by atoms with Crippen LogP contribution in [0.15, 0.2) is 4.60 Å². The maximum Gasteiger partial charge on any atom is 0.151 e. The van der Waals surface area contributed by atoms with Crippen LogP contribution in [0.1, 0.15) is 44.2 Å². The van der Waals surface area contributed by atoms with Gasteiger partial charge in [-0.25, -0.2) is 0 Å². The number of nitrogens with two attached hydrogens (primary N) is 1. The predicted molar refractivity (Wildman–Crippen MR) is 71.6 cm³/mol. The Morgan fingerprint density at radius 3 is 2.76 bits per heavy atom. The van der Waals surface area contributed by atoms with Crippen molar-refractivity contribution in [3.8, 4) is 0 Å².